The molecule has 1 fully saturated rings. The molecule has 4 nitrogen and oxygen atoms in total. The Morgan fingerprint density at radius 2 is 1.79 bits per heavy atom. The van der Waals surface area contributed by atoms with Crippen LogP contribution in [-0.2, 0) is 24.1 Å². The van der Waals surface area contributed by atoms with Gasteiger partial charge in [-0.2, -0.15) is 13.2 Å². The van der Waals surface area contributed by atoms with Gasteiger partial charge in [-0.25, -0.2) is 0 Å². The number of ether oxygens (including phenoxy) is 1. The zero-order valence-corrected chi connectivity index (χ0v) is 16.3. The fourth-order valence-corrected chi connectivity index (χ4v) is 3.51. The van der Waals surface area contributed by atoms with Crippen molar-refractivity contribution in [2.45, 2.75) is 32.2 Å². The molecule has 1 aliphatic heterocycles. The monoisotopic (exact) mass is 406 g/mol. The third kappa shape index (κ3) is 5.97. The van der Waals surface area contributed by atoms with E-state index in [1.807, 2.05) is 24.3 Å². The Kier molecular flexibility index (Phi) is 6.79. The van der Waals surface area contributed by atoms with E-state index in [9.17, 15) is 18.0 Å². The highest BCUT2D eigenvalue weighted by atomic mass is 19.4. The molecule has 7 heteroatoms. The molecule has 2 aromatic carbocycles. The van der Waals surface area contributed by atoms with E-state index in [4.69, 9.17) is 4.74 Å². The van der Waals surface area contributed by atoms with Crippen LogP contribution in [0.1, 0.15) is 29.5 Å². The highest BCUT2D eigenvalue weighted by Gasteiger charge is 2.30. The molecule has 1 heterocycles. The molecule has 1 aliphatic rings. The number of amides is 1. The second kappa shape index (κ2) is 9.31. The minimum Gasteiger partial charge on any atom is -0.489 e. The smallest absolute Gasteiger partial charge is 0.416 e. The van der Waals surface area contributed by atoms with Crippen molar-refractivity contribution in [1.29, 1.82) is 0 Å². The first-order valence-electron chi connectivity index (χ1n) is 9.67. The standard InChI is InChI=1S/C22H25F3N2O2/c1-26-21(28)18-9-11-27(12-10-18)14-16-5-7-20(8-6-16)29-15-17-3-2-4-19(13-17)22(23,24)25/h2-8,13,18H,9-12,14-15H2,1H3,(H,26,28). The molecule has 0 saturated carbocycles. The van der Waals surface area contributed by atoms with Crippen molar-refractivity contribution in [2.75, 3.05) is 20.1 Å². The number of likely N-dealkylation sites (tertiary alicyclic amines) is 1. The summed E-state index contributed by atoms with van der Waals surface area (Å²) in [7, 11) is 1.67. The fourth-order valence-electron chi connectivity index (χ4n) is 3.51. The summed E-state index contributed by atoms with van der Waals surface area (Å²) in [5.41, 5.74) is 0.937. The molecular weight excluding hydrogens is 381 g/mol. The Balaban J connectivity index is 1.49. The van der Waals surface area contributed by atoms with Crippen LogP contribution in [0.2, 0.25) is 0 Å². The Morgan fingerprint density at radius 3 is 2.41 bits per heavy atom. The van der Waals surface area contributed by atoms with Crippen molar-refractivity contribution >= 4 is 5.91 Å². The molecule has 0 radical (unpaired) electrons. The third-order valence-electron chi connectivity index (χ3n) is 5.19. The lowest BCUT2D eigenvalue weighted by atomic mass is 9.95. The molecule has 3 rings (SSSR count). The zero-order chi connectivity index (χ0) is 20.9. The van der Waals surface area contributed by atoms with Gasteiger partial charge in [-0.1, -0.05) is 24.3 Å². The fraction of sp³-hybridized carbons (Fsp3) is 0.409. The number of hydrogen-bond donors (Lipinski definition) is 1. The Morgan fingerprint density at radius 1 is 1.10 bits per heavy atom. The highest BCUT2D eigenvalue weighted by molar-refractivity contribution is 5.78. The van der Waals surface area contributed by atoms with Crippen LogP contribution in [0.25, 0.3) is 0 Å². The summed E-state index contributed by atoms with van der Waals surface area (Å²) < 4.78 is 44.0. The summed E-state index contributed by atoms with van der Waals surface area (Å²) >= 11 is 0. The number of piperidine rings is 1. The molecule has 2 aromatic rings. The second-order valence-electron chi connectivity index (χ2n) is 7.30. The second-order valence-corrected chi connectivity index (χ2v) is 7.30. The van der Waals surface area contributed by atoms with Crippen LogP contribution >= 0.6 is 0 Å². The van der Waals surface area contributed by atoms with E-state index in [1.54, 1.807) is 13.1 Å². The van der Waals surface area contributed by atoms with Crippen LogP contribution in [0, 0.1) is 5.92 Å². The Labute approximate surface area is 168 Å². The van der Waals surface area contributed by atoms with Crippen LogP contribution in [0.4, 0.5) is 13.2 Å². The quantitative estimate of drug-likeness (QED) is 0.780. The van der Waals surface area contributed by atoms with E-state index < -0.39 is 11.7 Å². The Hall–Kier alpha value is -2.54. The summed E-state index contributed by atoms with van der Waals surface area (Å²) in [5.74, 6) is 0.833. The molecule has 156 valence electrons. The molecule has 0 aliphatic carbocycles. The predicted octanol–water partition coefficient (Wildman–Crippen LogP) is 4.24. The topological polar surface area (TPSA) is 41.6 Å². The number of carbonyl (C=O) groups is 1. The van der Waals surface area contributed by atoms with Crippen LogP contribution in [0.3, 0.4) is 0 Å². The largest absolute Gasteiger partial charge is 0.489 e. The summed E-state index contributed by atoms with van der Waals surface area (Å²) in [6.45, 7) is 2.64. The minimum absolute atomic E-state index is 0.0796. The molecular formula is C22H25F3N2O2. The number of benzene rings is 2. The summed E-state index contributed by atoms with van der Waals surface area (Å²) in [6.07, 6.45) is -2.64. The van der Waals surface area contributed by atoms with Gasteiger partial charge in [-0.15, -0.1) is 0 Å². The van der Waals surface area contributed by atoms with Crippen molar-refractivity contribution in [3.63, 3.8) is 0 Å². The number of halogens is 3. The highest BCUT2D eigenvalue weighted by Crippen LogP contribution is 2.29. The number of hydrogen-bond acceptors (Lipinski definition) is 3. The van der Waals surface area contributed by atoms with Gasteiger partial charge in [0.15, 0.2) is 0 Å². The average molecular weight is 406 g/mol. The van der Waals surface area contributed by atoms with Crippen molar-refractivity contribution in [3.05, 3.63) is 65.2 Å². The molecule has 0 aromatic heterocycles. The summed E-state index contributed by atoms with van der Waals surface area (Å²) in [6, 6.07) is 12.8. The SMILES string of the molecule is CNC(=O)C1CCN(Cc2ccc(OCc3cccc(C(F)(F)F)c3)cc2)CC1. The first kappa shape index (κ1) is 21.2. The van der Waals surface area contributed by atoms with Gasteiger partial charge in [0.05, 0.1) is 5.56 Å². The van der Waals surface area contributed by atoms with E-state index in [0.29, 0.717) is 11.3 Å². The summed E-state index contributed by atoms with van der Waals surface area (Å²) in [5, 5.41) is 2.71. The molecule has 1 amide bonds. The lowest BCUT2D eigenvalue weighted by molar-refractivity contribution is -0.137. The number of nitrogens with one attached hydrogen (secondary N) is 1. The molecule has 29 heavy (non-hydrogen) atoms. The first-order valence-corrected chi connectivity index (χ1v) is 9.67. The molecule has 1 saturated heterocycles. The van der Waals surface area contributed by atoms with Crippen molar-refractivity contribution in [2.24, 2.45) is 5.92 Å². The van der Waals surface area contributed by atoms with Gasteiger partial charge in [-0.3, -0.25) is 9.69 Å². The maximum atomic E-state index is 12.8. The van der Waals surface area contributed by atoms with Gasteiger partial charge < -0.3 is 10.1 Å². The molecule has 0 unspecified atom stereocenters. The molecule has 0 atom stereocenters. The maximum Gasteiger partial charge on any atom is 0.416 e. The van der Waals surface area contributed by atoms with Gasteiger partial charge in [0, 0.05) is 19.5 Å². The van der Waals surface area contributed by atoms with E-state index in [0.717, 1.165) is 50.2 Å². The minimum atomic E-state index is -4.35. The third-order valence-corrected chi connectivity index (χ3v) is 5.19. The van der Waals surface area contributed by atoms with Gasteiger partial charge in [0.2, 0.25) is 5.91 Å². The summed E-state index contributed by atoms with van der Waals surface area (Å²) in [4.78, 5) is 14.0. The van der Waals surface area contributed by atoms with E-state index in [2.05, 4.69) is 10.2 Å². The molecule has 1 N–H and O–H groups in total. The lowest BCUT2D eigenvalue weighted by Gasteiger charge is -2.31. The van der Waals surface area contributed by atoms with Gasteiger partial charge in [0.25, 0.3) is 0 Å². The zero-order valence-electron chi connectivity index (χ0n) is 16.3. The lowest BCUT2D eigenvalue weighted by Crippen LogP contribution is -2.39. The van der Waals surface area contributed by atoms with Crippen LogP contribution in [0.15, 0.2) is 48.5 Å². The van der Waals surface area contributed by atoms with Crippen LogP contribution in [-0.4, -0.2) is 30.9 Å². The van der Waals surface area contributed by atoms with Crippen molar-refractivity contribution in [1.82, 2.24) is 10.2 Å². The van der Waals surface area contributed by atoms with Gasteiger partial charge in [-0.05, 0) is 61.3 Å². The van der Waals surface area contributed by atoms with Gasteiger partial charge in [0.1, 0.15) is 12.4 Å². The van der Waals surface area contributed by atoms with Crippen molar-refractivity contribution in [3.8, 4) is 5.75 Å². The van der Waals surface area contributed by atoms with Crippen LogP contribution < -0.4 is 10.1 Å². The average Bonchev–Trinajstić information content (AvgIpc) is 2.73. The normalized spacial score (nSPS) is 15.9. The Bertz CT molecular complexity index is 814. The van der Waals surface area contributed by atoms with E-state index >= 15 is 0 Å². The van der Waals surface area contributed by atoms with Crippen molar-refractivity contribution < 1.29 is 22.7 Å². The predicted molar refractivity (Wildman–Crippen MR) is 104 cm³/mol. The number of alkyl halides is 3. The van der Waals surface area contributed by atoms with E-state index in [-0.39, 0.29) is 18.4 Å². The number of rotatable bonds is 6. The maximum absolute atomic E-state index is 12.8. The molecule has 0 spiro atoms. The molecule has 0 bridgehead atoms. The van der Waals surface area contributed by atoms with Gasteiger partial charge >= 0.3 is 6.18 Å². The number of nitrogens with zero attached hydrogens (tertiary/aromatic N) is 1. The van der Waals surface area contributed by atoms with E-state index in [1.165, 1.54) is 6.07 Å². The van der Waals surface area contributed by atoms with Crippen LogP contribution in [0.5, 0.6) is 5.75 Å². The number of carbonyl (C=O) groups excluding carboxylic acids is 1. The first-order chi connectivity index (χ1) is 13.8.